The predicted molar refractivity (Wildman–Crippen MR) is 321 cm³/mol. The van der Waals surface area contributed by atoms with Gasteiger partial charge in [-0.15, -0.1) is 0 Å². The molecule has 4 heteroatoms. The predicted octanol–water partition coefficient (Wildman–Crippen LogP) is 16.9. The van der Waals surface area contributed by atoms with Gasteiger partial charge in [-0.1, -0.05) is 188 Å². The molecule has 0 radical (unpaired) electrons. The molecule has 1 atom stereocenters. The maximum Gasteiger partial charge on any atom is 0.252 e. The Morgan fingerprint density at radius 2 is 1.26 bits per heavy atom. The molecular formula is C70H80BN3. The summed E-state index contributed by atoms with van der Waals surface area (Å²) in [6.45, 7) is 43.2. The molecule has 3 nitrogen and oxygen atoms in total. The number of benzene rings is 6. The number of aryl methyl sites for hydroxylation is 2. The highest BCUT2D eigenvalue weighted by Gasteiger charge is 2.49. The van der Waals surface area contributed by atoms with Crippen LogP contribution < -0.4 is 26.2 Å². The molecule has 5 aliphatic rings. The second-order valence-electron chi connectivity index (χ2n) is 28.3. The van der Waals surface area contributed by atoms with Crippen LogP contribution in [-0.2, 0) is 27.1 Å². The van der Waals surface area contributed by atoms with E-state index in [0.717, 1.165) is 6.42 Å². The molecule has 7 aromatic rings. The Bertz CT molecular complexity index is 3620. The molecule has 3 heterocycles. The van der Waals surface area contributed by atoms with Crippen LogP contribution in [0.3, 0.4) is 0 Å². The highest BCUT2D eigenvalue weighted by molar-refractivity contribution is 7.00. The third-order valence-electron chi connectivity index (χ3n) is 18.8. The first-order valence-corrected chi connectivity index (χ1v) is 27.9. The Hall–Kier alpha value is -6.00. The minimum Gasteiger partial charge on any atom is -0.334 e. The monoisotopic (exact) mass is 974 g/mol. The van der Waals surface area contributed by atoms with Gasteiger partial charge in [0.05, 0.1) is 6.04 Å². The van der Waals surface area contributed by atoms with Gasteiger partial charge in [0, 0.05) is 61.7 Å². The summed E-state index contributed by atoms with van der Waals surface area (Å²) in [5.74, 6) is 0. The van der Waals surface area contributed by atoms with Gasteiger partial charge < -0.3 is 14.4 Å². The van der Waals surface area contributed by atoms with E-state index < -0.39 is 0 Å². The topological polar surface area (TPSA) is 11.4 Å². The van der Waals surface area contributed by atoms with E-state index in [1.54, 1.807) is 0 Å². The molecule has 2 aliphatic heterocycles. The van der Waals surface area contributed by atoms with Gasteiger partial charge in [0.15, 0.2) is 0 Å². The number of hydrogen-bond donors (Lipinski definition) is 0. The zero-order valence-electron chi connectivity index (χ0n) is 48.1. The maximum atomic E-state index is 2.75. The minimum absolute atomic E-state index is 0.0297. The van der Waals surface area contributed by atoms with E-state index in [2.05, 4.69) is 254 Å². The van der Waals surface area contributed by atoms with E-state index in [4.69, 9.17) is 0 Å². The molecule has 0 bridgehead atoms. The van der Waals surface area contributed by atoms with E-state index in [9.17, 15) is 0 Å². The third-order valence-corrected chi connectivity index (χ3v) is 18.8. The number of para-hydroxylation sites is 1. The number of anilines is 5. The number of nitrogens with zero attached hydrogens (tertiary/aromatic N) is 3. The number of aromatic nitrogens is 1. The van der Waals surface area contributed by atoms with Gasteiger partial charge in [0.25, 0.3) is 6.71 Å². The second-order valence-corrected chi connectivity index (χ2v) is 28.3. The Balaban J connectivity index is 1.19. The largest absolute Gasteiger partial charge is 0.334 e. The smallest absolute Gasteiger partial charge is 0.252 e. The quantitative estimate of drug-likeness (QED) is 0.163. The van der Waals surface area contributed by atoms with Crippen molar-refractivity contribution in [2.75, 3.05) is 9.80 Å². The number of allylic oxidation sites excluding steroid dienone is 2. The molecule has 74 heavy (non-hydrogen) atoms. The standard InChI is InChI=1S/C70H80BN3/c1-41-34-44(65(4,5)6)26-30-55(41)72(56-31-27-45(35-42(56)2)66(7,8)9)47-28-29-53-58(39-47)73(57-40-52-51(36-43(57)3)68(13,14)32-33-69(52,15)16)59-37-46(67(10,11)12)38-60-62(59)71(53)54-25-21-23-49-61-48-22-19-20-24-50(48)70(17,18)64(61)74(60)63(49)54/h19-30,34-40,56H,31-33H2,1-18H3. The lowest BCUT2D eigenvalue weighted by Crippen LogP contribution is -2.61. The maximum absolute atomic E-state index is 2.75. The highest BCUT2D eigenvalue weighted by atomic mass is 15.2. The van der Waals surface area contributed by atoms with Crippen molar-refractivity contribution in [2.45, 2.75) is 177 Å². The summed E-state index contributed by atoms with van der Waals surface area (Å²) in [6.07, 6.45) is 8.31. The van der Waals surface area contributed by atoms with Crippen LogP contribution >= 0.6 is 0 Å². The van der Waals surface area contributed by atoms with Crippen molar-refractivity contribution in [3.8, 4) is 16.8 Å². The number of rotatable bonds is 4. The summed E-state index contributed by atoms with van der Waals surface area (Å²) < 4.78 is 2.75. The Morgan fingerprint density at radius 1 is 0.581 bits per heavy atom. The molecule has 0 saturated heterocycles. The molecule has 12 rings (SSSR count). The zero-order chi connectivity index (χ0) is 52.7. The molecule has 0 fully saturated rings. The summed E-state index contributed by atoms with van der Waals surface area (Å²) in [7, 11) is 0. The van der Waals surface area contributed by atoms with Gasteiger partial charge in [0.2, 0.25) is 0 Å². The molecule has 0 spiro atoms. The minimum atomic E-state index is -0.199. The summed E-state index contributed by atoms with van der Waals surface area (Å²) in [5.41, 5.74) is 30.0. The van der Waals surface area contributed by atoms with Crippen molar-refractivity contribution >= 4 is 62.4 Å². The van der Waals surface area contributed by atoms with Crippen molar-refractivity contribution in [1.29, 1.82) is 0 Å². The van der Waals surface area contributed by atoms with Crippen LogP contribution in [0.4, 0.5) is 28.4 Å². The average molecular weight is 974 g/mol. The van der Waals surface area contributed by atoms with Crippen LogP contribution in [0.25, 0.3) is 27.7 Å². The van der Waals surface area contributed by atoms with Crippen molar-refractivity contribution in [3.63, 3.8) is 0 Å². The van der Waals surface area contributed by atoms with Crippen molar-refractivity contribution in [3.05, 3.63) is 171 Å². The number of hydrogen-bond acceptors (Lipinski definition) is 2. The molecule has 6 aromatic carbocycles. The first kappa shape index (κ1) is 48.9. The van der Waals surface area contributed by atoms with Crippen molar-refractivity contribution in [1.82, 2.24) is 4.57 Å². The van der Waals surface area contributed by atoms with E-state index in [1.807, 2.05) is 0 Å². The van der Waals surface area contributed by atoms with Crippen LogP contribution in [0, 0.1) is 19.3 Å². The first-order chi connectivity index (χ1) is 34.6. The Morgan fingerprint density at radius 3 is 1.92 bits per heavy atom. The molecule has 1 unspecified atom stereocenters. The molecular weight excluding hydrogens is 894 g/mol. The lowest BCUT2D eigenvalue weighted by Gasteiger charge is -2.45. The van der Waals surface area contributed by atoms with Gasteiger partial charge in [-0.25, -0.2) is 0 Å². The lowest BCUT2D eigenvalue weighted by atomic mass is 9.33. The van der Waals surface area contributed by atoms with Crippen LogP contribution in [0.5, 0.6) is 0 Å². The summed E-state index contributed by atoms with van der Waals surface area (Å²) in [6, 6.07) is 41.9. The van der Waals surface area contributed by atoms with Gasteiger partial charge in [-0.2, -0.15) is 0 Å². The molecule has 378 valence electrons. The summed E-state index contributed by atoms with van der Waals surface area (Å²) >= 11 is 0. The average Bonchev–Trinajstić information content (AvgIpc) is 3.80. The summed E-state index contributed by atoms with van der Waals surface area (Å²) in [5, 5.41) is 1.36. The van der Waals surface area contributed by atoms with Crippen LogP contribution in [0.2, 0.25) is 0 Å². The fraction of sp³-hybridized carbons (Fsp3) is 0.400. The van der Waals surface area contributed by atoms with Crippen LogP contribution in [0.15, 0.2) is 126 Å². The second kappa shape index (κ2) is 15.8. The van der Waals surface area contributed by atoms with E-state index in [0.29, 0.717) is 0 Å². The fourth-order valence-electron chi connectivity index (χ4n) is 14.3. The molecule has 1 aromatic heterocycles. The first-order valence-electron chi connectivity index (χ1n) is 27.9. The van der Waals surface area contributed by atoms with E-state index in [-0.39, 0.29) is 45.2 Å². The highest BCUT2D eigenvalue weighted by Crippen LogP contribution is 2.56. The van der Waals surface area contributed by atoms with Crippen molar-refractivity contribution < 1.29 is 0 Å². The van der Waals surface area contributed by atoms with E-state index in [1.165, 1.54) is 141 Å². The van der Waals surface area contributed by atoms with Crippen LogP contribution in [-0.4, -0.2) is 17.3 Å². The third kappa shape index (κ3) is 7.04. The molecule has 0 saturated carbocycles. The SMILES string of the molecule is CC1=CC(C(C)(C)C)=CCC1N(c1ccc2c(c1)N(c1cc3c(cc1C)C(C)(C)CCC3(C)C)c1cc(C(C)(C)C)cc3c1B2c1cccc2c4c(n-3c12)C(C)(C)c1ccccc1-4)c1ccc(C(C)(C)C)cc1C. The Labute approximate surface area is 444 Å². The molecule has 0 amide bonds. The Kier molecular flexibility index (Phi) is 10.4. The van der Waals surface area contributed by atoms with E-state index >= 15 is 0 Å². The normalized spacial score (nSPS) is 18.8. The molecule has 3 aliphatic carbocycles. The van der Waals surface area contributed by atoms with Gasteiger partial charge in [-0.3, -0.25) is 0 Å². The lowest BCUT2D eigenvalue weighted by molar-refractivity contribution is 0.332. The number of fused-ring (bicyclic) bond motifs is 10. The summed E-state index contributed by atoms with van der Waals surface area (Å²) in [4.78, 5) is 5.46. The van der Waals surface area contributed by atoms with Gasteiger partial charge in [-0.05, 0) is 170 Å². The zero-order valence-corrected chi connectivity index (χ0v) is 48.1. The van der Waals surface area contributed by atoms with Crippen molar-refractivity contribution in [2.24, 2.45) is 5.41 Å². The van der Waals surface area contributed by atoms with Gasteiger partial charge >= 0.3 is 0 Å². The van der Waals surface area contributed by atoms with Gasteiger partial charge in [0.1, 0.15) is 0 Å². The fourth-order valence-corrected chi connectivity index (χ4v) is 14.3. The molecule has 0 N–H and O–H groups in total. The van der Waals surface area contributed by atoms with Crippen LogP contribution in [0.1, 0.15) is 175 Å².